The third kappa shape index (κ3) is 8.79. The lowest BCUT2D eigenvalue weighted by molar-refractivity contribution is 0.874. The Kier molecular flexibility index (Phi) is 4.17. The minimum absolute atomic E-state index is 0.445. The second-order valence-electron chi connectivity index (χ2n) is 2.23. The van der Waals surface area contributed by atoms with E-state index in [2.05, 4.69) is 44.5 Å². The Balaban J connectivity index is 3.39. The second-order valence-corrected chi connectivity index (χ2v) is 5.58. The predicted octanol–water partition coefficient (Wildman–Crippen LogP) is 2.79. The molecule has 0 rings (SSSR count). The van der Waals surface area contributed by atoms with Gasteiger partial charge in [-0.3, -0.25) is 0 Å². The van der Waals surface area contributed by atoms with E-state index >= 15 is 0 Å². The Hall–Kier alpha value is 0.790. The maximum absolute atomic E-state index is 4.12. The van der Waals surface area contributed by atoms with Crippen LogP contribution in [0.4, 0.5) is 0 Å². The average molecular weight is 180 g/mol. The molecule has 0 aromatic rings. The fourth-order valence-corrected chi connectivity index (χ4v) is 0.717. The monoisotopic (exact) mass is 180 g/mol. The van der Waals surface area contributed by atoms with Crippen LogP contribution in [0.2, 0.25) is 0 Å². The Bertz CT molecular complexity index is 101. The van der Waals surface area contributed by atoms with Crippen LogP contribution in [0.1, 0.15) is 19.8 Å². The lowest BCUT2D eigenvalue weighted by Crippen LogP contribution is -2.01. The van der Waals surface area contributed by atoms with Crippen LogP contribution in [0.15, 0.2) is 12.2 Å². The molecule has 0 N–H and O–H groups in total. The Morgan fingerprint density at radius 3 is 2.00 bits per heavy atom. The summed E-state index contributed by atoms with van der Waals surface area (Å²) < 4.78 is -0.445. The third-order valence-corrected chi connectivity index (χ3v) is 1.56. The minimum Gasteiger partial charge on any atom is -0.151 e. The first-order valence-electron chi connectivity index (χ1n) is 2.73. The minimum atomic E-state index is -0.445. The van der Waals surface area contributed by atoms with Crippen molar-refractivity contribution in [2.75, 3.05) is 0 Å². The van der Waals surface area contributed by atoms with Crippen molar-refractivity contribution >= 4 is 37.9 Å². The molecule has 0 fully saturated rings. The maximum Gasteiger partial charge on any atom is 0.0983 e. The molecule has 0 radical (unpaired) electrons. The highest BCUT2D eigenvalue weighted by atomic mass is 32.2. The Labute approximate surface area is 73.3 Å². The van der Waals surface area contributed by atoms with Crippen LogP contribution in [0.3, 0.4) is 0 Å². The highest BCUT2D eigenvalue weighted by Crippen LogP contribution is 2.30. The van der Waals surface area contributed by atoms with Crippen LogP contribution in [-0.4, -0.2) is 3.41 Å². The topological polar surface area (TPSA) is 0 Å². The van der Waals surface area contributed by atoms with Crippen molar-refractivity contribution in [1.82, 2.24) is 0 Å². The standard InChI is InChI=1S/C6H12S3/c1-5(2)3-4-6(7,8)9/h7-9H,1,3-4H2,2H3. The van der Waals surface area contributed by atoms with Crippen molar-refractivity contribution < 1.29 is 0 Å². The van der Waals surface area contributed by atoms with Gasteiger partial charge in [0, 0.05) is 0 Å². The van der Waals surface area contributed by atoms with Gasteiger partial charge in [0.1, 0.15) is 0 Å². The maximum atomic E-state index is 4.12. The molecule has 0 heterocycles. The third-order valence-electron chi connectivity index (χ3n) is 0.887. The van der Waals surface area contributed by atoms with Crippen LogP contribution in [0.5, 0.6) is 0 Å². The van der Waals surface area contributed by atoms with E-state index in [9.17, 15) is 0 Å². The summed E-state index contributed by atoms with van der Waals surface area (Å²) in [6, 6.07) is 0. The highest BCUT2D eigenvalue weighted by Gasteiger charge is 2.12. The van der Waals surface area contributed by atoms with Crippen molar-refractivity contribution in [2.24, 2.45) is 0 Å². The molecule has 0 spiro atoms. The lowest BCUT2D eigenvalue weighted by Gasteiger charge is -2.14. The van der Waals surface area contributed by atoms with Gasteiger partial charge in [0.05, 0.1) is 3.41 Å². The number of hydrogen-bond donors (Lipinski definition) is 3. The molecule has 0 amide bonds. The summed E-state index contributed by atoms with van der Waals surface area (Å²) >= 11 is 12.3. The van der Waals surface area contributed by atoms with E-state index in [0.29, 0.717) is 0 Å². The summed E-state index contributed by atoms with van der Waals surface area (Å²) in [4.78, 5) is 0. The number of rotatable bonds is 3. The molecule has 54 valence electrons. The van der Waals surface area contributed by atoms with E-state index < -0.39 is 3.41 Å². The fraction of sp³-hybridized carbons (Fsp3) is 0.667. The summed E-state index contributed by atoms with van der Waals surface area (Å²) in [7, 11) is 0. The van der Waals surface area contributed by atoms with E-state index in [1.807, 2.05) is 6.92 Å². The Morgan fingerprint density at radius 1 is 1.44 bits per heavy atom. The molecular formula is C6H12S3. The smallest absolute Gasteiger partial charge is 0.0983 e. The normalized spacial score (nSPS) is 11.6. The molecule has 0 saturated heterocycles. The fourth-order valence-electron chi connectivity index (χ4n) is 0.381. The molecule has 9 heavy (non-hydrogen) atoms. The van der Waals surface area contributed by atoms with Crippen LogP contribution in [0, 0.1) is 0 Å². The summed E-state index contributed by atoms with van der Waals surface area (Å²) in [6.45, 7) is 5.74. The van der Waals surface area contributed by atoms with Crippen LogP contribution < -0.4 is 0 Å². The van der Waals surface area contributed by atoms with Crippen LogP contribution >= 0.6 is 37.9 Å². The van der Waals surface area contributed by atoms with Crippen molar-refractivity contribution in [2.45, 2.75) is 23.2 Å². The SMILES string of the molecule is C=C(C)CCC(S)(S)S. The van der Waals surface area contributed by atoms with Crippen molar-refractivity contribution in [1.29, 1.82) is 0 Å². The molecule has 0 nitrogen and oxygen atoms in total. The second kappa shape index (κ2) is 3.84. The highest BCUT2D eigenvalue weighted by molar-refractivity contribution is 8.16. The summed E-state index contributed by atoms with van der Waals surface area (Å²) in [5.41, 5.74) is 1.15. The molecule has 0 aliphatic rings. The van der Waals surface area contributed by atoms with Gasteiger partial charge in [0.15, 0.2) is 0 Å². The van der Waals surface area contributed by atoms with Gasteiger partial charge in [-0.25, -0.2) is 0 Å². The van der Waals surface area contributed by atoms with Gasteiger partial charge < -0.3 is 0 Å². The summed E-state index contributed by atoms with van der Waals surface area (Å²) in [5, 5.41) is 0. The van der Waals surface area contributed by atoms with Crippen LogP contribution in [-0.2, 0) is 0 Å². The Morgan fingerprint density at radius 2 is 1.89 bits per heavy atom. The zero-order valence-corrected chi connectivity index (χ0v) is 8.15. The van der Waals surface area contributed by atoms with E-state index in [1.54, 1.807) is 0 Å². The summed E-state index contributed by atoms with van der Waals surface area (Å²) in [5.74, 6) is 0. The molecular weight excluding hydrogens is 168 g/mol. The van der Waals surface area contributed by atoms with Gasteiger partial charge in [-0.05, 0) is 19.8 Å². The van der Waals surface area contributed by atoms with Crippen molar-refractivity contribution in [3.05, 3.63) is 12.2 Å². The molecule has 0 saturated carbocycles. The van der Waals surface area contributed by atoms with Gasteiger partial charge in [0.2, 0.25) is 0 Å². The zero-order valence-electron chi connectivity index (χ0n) is 5.46. The molecule has 3 heteroatoms. The largest absolute Gasteiger partial charge is 0.151 e. The van der Waals surface area contributed by atoms with Gasteiger partial charge in [0.25, 0.3) is 0 Å². The van der Waals surface area contributed by atoms with E-state index in [-0.39, 0.29) is 0 Å². The quantitative estimate of drug-likeness (QED) is 0.332. The van der Waals surface area contributed by atoms with Gasteiger partial charge in [-0.15, -0.1) is 6.58 Å². The molecule has 0 aromatic heterocycles. The number of allylic oxidation sites excluding steroid dienone is 1. The molecule has 0 unspecified atom stereocenters. The molecule has 0 bridgehead atoms. The molecule has 0 aliphatic carbocycles. The van der Waals surface area contributed by atoms with Gasteiger partial charge >= 0.3 is 0 Å². The average Bonchev–Trinajstić information content (AvgIpc) is 1.59. The first kappa shape index (κ1) is 9.79. The van der Waals surface area contributed by atoms with Crippen molar-refractivity contribution in [3.8, 4) is 0 Å². The van der Waals surface area contributed by atoms with Gasteiger partial charge in [-0.1, -0.05) is 5.57 Å². The van der Waals surface area contributed by atoms with E-state index in [4.69, 9.17) is 0 Å². The van der Waals surface area contributed by atoms with E-state index in [0.717, 1.165) is 18.4 Å². The van der Waals surface area contributed by atoms with Crippen molar-refractivity contribution in [3.63, 3.8) is 0 Å². The van der Waals surface area contributed by atoms with Gasteiger partial charge in [-0.2, -0.15) is 37.9 Å². The zero-order chi connectivity index (χ0) is 7.49. The molecule has 0 atom stereocenters. The molecule has 0 aromatic carbocycles. The predicted molar refractivity (Wildman–Crippen MR) is 53.7 cm³/mol. The molecule has 0 aliphatic heterocycles. The first-order valence-corrected chi connectivity index (χ1v) is 4.07. The van der Waals surface area contributed by atoms with Crippen LogP contribution in [0.25, 0.3) is 0 Å². The summed E-state index contributed by atoms with van der Waals surface area (Å²) in [6.07, 6.45) is 1.79. The first-order chi connectivity index (χ1) is 3.92. The van der Waals surface area contributed by atoms with E-state index in [1.165, 1.54) is 0 Å². The number of thiol groups is 3. The lowest BCUT2D eigenvalue weighted by atomic mass is 10.2. The number of hydrogen-bond acceptors (Lipinski definition) is 3.